The van der Waals surface area contributed by atoms with Crippen molar-refractivity contribution >= 4 is 22.5 Å². The molecule has 0 saturated carbocycles. The lowest BCUT2D eigenvalue weighted by Crippen LogP contribution is -2.14. The minimum Gasteiger partial charge on any atom is -0.456 e. The topological polar surface area (TPSA) is 96.0 Å². The molecule has 8 nitrogen and oxygen atoms in total. The molecule has 0 aliphatic rings. The summed E-state index contributed by atoms with van der Waals surface area (Å²) in [4.78, 5) is 23.7. The van der Waals surface area contributed by atoms with Gasteiger partial charge < -0.3 is 15.0 Å². The first-order valence-electron chi connectivity index (χ1n) is 11.1. The zero-order valence-electron chi connectivity index (χ0n) is 19.4. The first kappa shape index (κ1) is 22.2. The van der Waals surface area contributed by atoms with Gasteiger partial charge in [-0.2, -0.15) is 5.10 Å². The molecule has 2 aromatic carbocycles. The molecule has 0 bridgehead atoms. The Bertz CT molecular complexity index is 1480. The van der Waals surface area contributed by atoms with Gasteiger partial charge in [0.15, 0.2) is 5.69 Å². The number of amides is 1. The van der Waals surface area contributed by atoms with Crippen molar-refractivity contribution in [2.75, 3.05) is 19.4 Å². The second-order valence-corrected chi connectivity index (χ2v) is 8.43. The summed E-state index contributed by atoms with van der Waals surface area (Å²) >= 11 is 0. The number of benzene rings is 2. The van der Waals surface area contributed by atoms with Gasteiger partial charge in [0, 0.05) is 29.9 Å². The fraction of sp³-hybridized carbons (Fsp3) is 0.111. The summed E-state index contributed by atoms with van der Waals surface area (Å²) in [7, 11) is 3.97. The second kappa shape index (κ2) is 9.74. The number of hydrogen-bond donors (Lipinski definition) is 2. The van der Waals surface area contributed by atoms with E-state index in [2.05, 4.69) is 25.5 Å². The number of nitrogens with zero attached hydrogens (tertiary/aromatic N) is 4. The fourth-order valence-electron chi connectivity index (χ4n) is 3.82. The molecular formula is C27H24N6O2. The average Bonchev–Trinajstić information content (AvgIpc) is 3.28. The molecule has 0 saturated heterocycles. The third-order valence-electron chi connectivity index (χ3n) is 5.35. The number of carbonyl (C=O) groups excluding carboxylic acids is 1. The number of para-hydroxylation sites is 1. The third kappa shape index (κ3) is 5.18. The van der Waals surface area contributed by atoms with Crippen LogP contribution in [0, 0.1) is 0 Å². The number of rotatable bonds is 7. The Balaban J connectivity index is 1.40. The van der Waals surface area contributed by atoms with E-state index in [9.17, 15) is 4.79 Å². The molecule has 0 aliphatic carbocycles. The molecule has 0 unspecified atom stereocenters. The van der Waals surface area contributed by atoms with Crippen molar-refractivity contribution in [1.82, 2.24) is 25.1 Å². The average molecular weight is 465 g/mol. The molecule has 174 valence electrons. The zero-order chi connectivity index (χ0) is 24.2. The van der Waals surface area contributed by atoms with Gasteiger partial charge in [-0.25, -0.2) is 0 Å². The Morgan fingerprint density at radius 1 is 0.914 bits per heavy atom. The molecule has 0 aliphatic heterocycles. The highest BCUT2D eigenvalue weighted by atomic mass is 16.5. The number of ether oxygens (including phenoxy) is 1. The van der Waals surface area contributed by atoms with Crippen LogP contribution in [0.3, 0.4) is 0 Å². The zero-order valence-corrected chi connectivity index (χ0v) is 19.4. The van der Waals surface area contributed by atoms with Crippen LogP contribution >= 0.6 is 0 Å². The van der Waals surface area contributed by atoms with E-state index in [1.165, 1.54) is 0 Å². The molecular weight excluding hydrogens is 440 g/mol. The van der Waals surface area contributed by atoms with E-state index in [0.29, 0.717) is 22.5 Å². The summed E-state index contributed by atoms with van der Waals surface area (Å²) in [6.45, 7) is 0.729. The molecule has 5 rings (SSSR count). The summed E-state index contributed by atoms with van der Waals surface area (Å²) in [5.41, 5.74) is 4.47. The number of hydrogen-bond acceptors (Lipinski definition) is 6. The molecule has 0 atom stereocenters. The fourth-order valence-corrected chi connectivity index (χ4v) is 3.82. The van der Waals surface area contributed by atoms with Gasteiger partial charge in [0.05, 0.1) is 23.6 Å². The molecule has 1 amide bonds. The Morgan fingerprint density at radius 3 is 2.57 bits per heavy atom. The van der Waals surface area contributed by atoms with Crippen LogP contribution in [0.25, 0.3) is 22.0 Å². The third-order valence-corrected chi connectivity index (χ3v) is 5.35. The normalized spacial score (nSPS) is 11.1. The van der Waals surface area contributed by atoms with Crippen LogP contribution in [0.5, 0.6) is 11.5 Å². The SMILES string of the molecule is CN(C)Cc1cncc(NC(=O)c2n[nH]c3ccc(-c4cncc(Oc5ccccc5)c4)cc23)c1. The lowest BCUT2D eigenvalue weighted by Gasteiger charge is -2.10. The molecule has 2 N–H and O–H groups in total. The Kier molecular flexibility index (Phi) is 6.19. The van der Waals surface area contributed by atoms with Gasteiger partial charge >= 0.3 is 0 Å². The van der Waals surface area contributed by atoms with E-state index >= 15 is 0 Å². The maximum absolute atomic E-state index is 13.1. The highest BCUT2D eigenvalue weighted by Gasteiger charge is 2.16. The van der Waals surface area contributed by atoms with Crippen LogP contribution in [-0.4, -0.2) is 45.1 Å². The summed E-state index contributed by atoms with van der Waals surface area (Å²) in [5.74, 6) is 1.06. The quantitative estimate of drug-likeness (QED) is 0.347. The monoisotopic (exact) mass is 464 g/mol. The molecule has 5 aromatic rings. The Hall–Kier alpha value is -4.56. The molecule has 3 heterocycles. The molecule has 0 fully saturated rings. The van der Waals surface area contributed by atoms with Crippen molar-refractivity contribution in [3.8, 4) is 22.6 Å². The molecule has 0 radical (unpaired) electrons. The van der Waals surface area contributed by atoms with Gasteiger partial charge in [0.2, 0.25) is 0 Å². The maximum atomic E-state index is 13.1. The van der Waals surface area contributed by atoms with E-state index < -0.39 is 0 Å². The lowest BCUT2D eigenvalue weighted by atomic mass is 10.0. The van der Waals surface area contributed by atoms with Crippen LogP contribution in [0.1, 0.15) is 16.1 Å². The Labute approximate surface area is 202 Å². The first-order chi connectivity index (χ1) is 17.0. The van der Waals surface area contributed by atoms with E-state index in [1.54, 1.807) is 24.8 Å². The number of nitrogens with one attached hydrogen (secondary N) is 2. The first-order valence-corrected chi connectivity index (χ1v) is 11.1. The largest absolute Gasteiger partial charge is 0.456 e. The lowest BCUT2D eigenvalue weighted by molar-refractivity contribution is 0.102. The number of carbonyl (C=O) groups is 1. The molecule has 0 spiro atoms. The van der Waals surface area contributed by atoms with Crippen LogP contribution in [0.15, 0.2) is 85.5 Å². The van der Waals surface area contributed by atoms with Crippen LogP contribution in [-0.2, 0) is 6.54 Å². The van der Waals surface area contributed by atoms with Gasteiger partial charge in [0.1, 0.15) is 11.5 Å². The van der Waals surface area contributed by atoms with Gasteiger partial charge in [-0.15, -0.1) is 0 Å². The minimum atomic E-state index is -0.309. The Morgan fingerprint density at radius 2 is 1.74 bits per heavy atom. The summed E-state index contributed by atoms with van der Waals surface area (Å²) in [6.07, 6.45) is 6.85. The number of aromatic amines is 1. The van der Waals surface area contributed by atoms with Gasteiger partial charge in [0.25, 0.3) is 5.91 Å². The van der Waals surface area contributed by atoms with Crippen LogP contribution in [0.2, 0.25) is 0 Å². The number of anilines is 1. The number of aromatic nitrogens is 4. The van der Waals surface area contributed by atoms with Crippen molar-refractivity contribution in [1.29, 1.82) is 0 Å². The number of pyridine rings is 2. The van der Waals surface area contributed by atoms with Crippen molar-refractivity contribution < 1.29 is 9.53 Å². The van der Waals surface area contributed by atoms with Gasteiger partial charge in [-0.1, -0.05) is 24.3 Å². The second-order valence-electron chi connectivity index (χ2n) is 8.43. The van der Waals surface area contributed by atoms with E-state index in [-0.39, 0.29) is 5.91 Å². The number of fused-ring (bicyclic) bond motifs is 1. The van der Waals surface area contributed by atoms with Crippen molar-refractivity contribution in [3.63, 3.8) is 0 Å². The summed E-state index contributed by atoms with van der Waals surface area (Å²) in [6, 6.07) is 19.2. The van der Waals surface area contributed by atoms with Crippen molar-refractivity contribution in [2.24, 2.45) is 0 Å². The number of H-pyrrole nitrogens is 1. The smallest absolute Gasteiger partial charge is 0.276 e. The minimum absolute atomic E-state index is 0.309. The molecule has 3 aromatic heterocycles. The maximum Gasteiger partial charge on any atom is 0.276 e. The molecule has 8 heteroatoms. The highest BCUT2D eigenvalue weighted by Crippen LogP contribution is 2.29. The van der Waals surface area contributed by atoms with Gasteiger partial charge in [-0.05, 0) is 61.6 Å². The van der Waals surface area contributed by atoms with E-state index in [4.69, 9.17) is 4.74 Å². The van der Waals surface area contributed by atoms with Crippen LogP contribution < -0.4 is 10.1 Å². The predicted molar refractivity (Wildman–Crippen MR) is 135 cm³/mol. The summed E-state index contributed by atoms with van der Waals surface area (Å²) in [5, 5.41) is 10.8. The standard InChI is InChI=1S/C27H24N6O2/c1-33(2)17-18-10-21(15-28-13-18)30-27(34)26-24-12-19(8-9-25(24)31-32-26)20-11-23(16-29-14-20)35-22-6-4-3-5-7-22/h3-16H,17H2,1-2H3,(H,30,34)(H,31,32). The van der Waals surface area contributed by atoms with E-state index in [1.807, 2.05) is 79.7 Å². The van der Waals surface area contributed by atoms with Crippen LogP contribution in [0.4, 0.5) is 5.69 Å². The van der Waals surface area contributed by atoms with Crippen molar-refractivity contribution in [3.05, 3.63) is 96.7 Å². The molecule has 35 heavy (non-hydrogen) atoms. The van der Waals surface area contributed by atoms with Gasteiger partial charge in [-0.3, -0.25) is 19.9 Å². The highest BCUT2D eigenvalue weighted by molar-refractivity contribution is 6.11. The predicted octanol–water partition coefficient (Wildman–Crippen LogP) is 5.13. The summed E-state index contributed by atoms with van der Waals surface area (Å²) < 4.78 is 5.92. The van der Waals surface area contributed by atoms with E-state index in [0.717, 1.165) is 34.5 Å². The van der Waals surface area contributed by atoms with Crippen molar-refractivity contribution in [2.45, 2.75) is 6.54 Å².